The molecule has 1 aromatic rings. The SMILES string of the molecule is CC(N)C1CCCCN1CC(=O)Nc1ccc(Br)cc1Cl. The normalized spacial score (nSPS) is 21.0. The van der Waals surface area contributed by atoms with Gasteiger partial charge in [-0.3, -0.25) is 9.69 Å². The summed E-state index contributed by atoms with van der Waals surface area (Å²) < 4.78 is 0.888. The van der Waals surface area contributed by atoms with E-state index in [1.54, 1.807) is 12.1 Å². The molecule has 4 nitrogen and oxygen atoms in total. The van der Waals surface area contributed by atoms with Gasteiger partial charge in [0.1, 0.15) is 0 Å². The van der Waals surface area contributed by atoms with Crippen molar-refractivity contribution in [2.45, 2.75) is 38.3 Å². The number of piperidine rings is 1. The summed E-state index contributed by atoms with van der Waals surface area (Å²) in [6.45, 7) is 3.29. The minimum absolute atomic E-state index is 0.0493. The topological polar surface area (TPSA) is 58.4 Å². The molecule has 0 radical (unpaired) electrons. The zero-order chi connectivity index (χ0) is 15.4. The number of rotatable bonds is 4. The Morgan fingerprint density at radius 3 is 3.00 bits per heavy atom. The number of nitrogens with two attached hydrogens (primary N) is 1. The lowest BCUT2D eigenvalue weighted by Gasteiger charge is -2.37. The van der Waals surface area contributed by atoms with Crippen LogP contribution in [0.1, 0.15) is 26.2 Å². The summed E-state index contributed by atoms with van der Waals surface area (Å²) in [7, 11) is 0. The Kier molecular flexibility index (Phi) is 6.05. The third-order valence-electron chi connectivity index (χ3n) is 3.82. The van der Waals surface area contributed by atoms with E-state index in [9.17, 15) is 4.79 Å². The Bertz CT molecular complexity index is 510. The highest BCUT2D eigenvalue weighted by Gasteiger charge is 2.26. The third kappa shape index (κ3) is 4.68. The van der Waals surface area contributed by atoms with Crippen LogP contribution in [0.4, 0.5) is 5.69 Å². The Labute approximate surface area is 139 Å². The van der Waals surface area contributed by atoms with Crippen molar-refractivity contribution < 1.29 is 4.79 Å². The van der Waals surface area contributed by atoms with Crippen molar-refractivity contribution in [3.63, 3.8) is 0 Å². The van der Waals surface area contributed by atoms with Crippen LogP contribution in [-0.2, 0) is 4.79 Å². The molecule has 0 bridgehead atoms. The van der Waals surface area contributed by atoms with Crippen molar-refractivity contribution in [2.75, 3.05) is 18.4 Å². The minimum Gasteiger partial charge on any atom is -0.327 e. The van der Waals surface area contributed by atoms with Gasteiger partial charge in [-0.15, -0.1) is 0 Å². The lowest BCUT2D eigenvalue weighted by Crippen LogP contribution is -2.51. The molecule has 2 unspecified atom stereocenters. The summed E-state index contributed by atoms with van der Waals surface area (Å²) >= 11 is 9.46. The summed E-state index contributed by atoms with van der Waals surface area (Å²) in [5.74, 6) is -0.0493. The first-order valence-electron chi connectivity index (χ1n) is 7.22. The second kappa shape index (κ2) is 7.58. The fourth-order valence-electron chi connectivity index (χ4n) is 2.77. The van der Waals surface area contributed by atoms with E-state index in [1.807, 2.05) is 13.0 Å². The van der Waals surface area contributed by atoms with Crippen LogP contribution in [0.3, 0.4) is 0 Å². The molecule has 1 aliphatic rings. The van der Waals surface area contributed by atoms with Crippen molar-refractivity contribution in [1.29, 1.82) is 0 Å². The quantitative estimate of drug-likeness (QED) is 0.850. The maximum Gasteiger partial charge on any atom is 0.238 e. The number of nitrogens with one attached hydrogen (secondary N) is 1. The van der Waals surface area contributed by atoms with E-state index in [1.165, 1.54) is 6.42 Å². The molecule has 21 heavy (non-hydrogen) atoms. The predicted octanol–water partition coefficient (Wildman–Crippen LogP) is 3.24. The van der Waals surface area contributed by atoms with Crippen molar-refractivity contribution in [1.82, 2.24) is 4.90 Å². The van der Waals surface area contributed by atoms with Gasteiger partial charge in [0.2, 0.25) is 5.91 Å². The molecule has 6 heteroatoms. The van der Waals surface area contributed by atoms with E-state index in [2.05, 4.69) is 26.1 Å². The second-order valence-electron chi connectivity index (χ2n) is 5.57. The van der Waals surface area contributed by atoms with Gasteiger partial charge < -0.3 is 11.1 Å². The number of hydrogen-bond acceptors (Lipinski definition) is 3. The lowest BCUT2D eigenvalue weighted by atomic mass is 9.97. The standard InChI is InChI=1S/C15H21BrClN3O/c1-10(18)14-4-2-3-7-20(14)9-15(21)19-13-6-5-11(16)8-12(13)17/h5-6,8,10,14H,2-4,7,9,18H2,1H3,(H,19,21). The molecule has 0 aliphatic carbocycles. The molecule has 1 aliphatic heterocycles. The second-order valence-corrected chi connectivity index (χ2v) is 6.89. The van der Waals surface area contributed by atoms with Gasteiger partial charge in [-0.05, 0) is 44.5 Å². The van der Waals surface area contributed by atoms with Gasteiger partial charge in [0.25, 0.3) is 0 Å². The van der Waals surface area contributed by atoms with E-state index in [4.69, 9.17) is 17.3 Å². The van der Waals surface area contributed by atoms with Crippen LogP contribution in [-0.4, -0.2) is 36.0 Å². The van der Waals surface area contributed by atoms with E-state index >= 15 is 0 Å². The molecule has 0 saturated carbocycles. The van der Waals surface area contributed by atoms with Crippen LogP contribution in [0, 0.1) is 0 Å². The van der Waals surface area contributed by atoms with E-state index in [0.29, 0.717) is 17.3 Å². The monoisotopic (exact) mass is 373 g/mol. The first kappa shape index (κ1) is 16.7. The van der Waals surface area contributed by atoms with Crippen LogP contribution < -0.4 is 11.1 Å². The Hall–Kier alpha value is -0.620. The fraction of sp³-hybridized carbons (Fsp3) is 0.533. The summed E-state index contributed by atoms with van der Waals surface area (Å²) in [5.41, 5.74) is 6.67. The Morgan fingerprint density at radius 2 is 2.33 bits per heavy atom. The van der Waals surface area contributed by atoms with Crippen LogP contribution >= 0.6 is 27.5 Å². The predicted molar refractivity (Wildman–Crippen MR) is 90.6 cm³/mol. The number of amides is 1. The highest BCUT2D eigenvalue weighted by atomic mass is 79.9. The molecule has 1 fully saturated rings. The fourth-order valence-corrected chi connectivity index (χ4v) is 3.49. The maximum absolute atomic E-state index is 12.2. The van der Waals surface area contributed by atoms with Gasteiger partial charge >= 0.3 is 0 Å². The molecule has 2 rings (SSSR count). The number of likely N-dealkylation sites (tertiary alicyclic amines) is 1. The van der Waals surface area contributed by atoms with Crippen LogP contribution in [0.15, 0.2) is 22.7 Å². The average molecular weight is 375 g/mol. The van der Waals surface area contributed by atoms with Crippen molar-refractivity contribution >= 4 is 39.1 Å². The first-order valence-corrected chi connectivity index (χ1v) is 8.39. The molecule has 116 valence electrons. The largest absolute Gasteiger partial charge is 0.327 e. The van der Waals surface area contributed by atoms with Gasteiger partial charge in [0, 0.05) is 16.6 Å². The molecule has 1 heterocycles. The molecular weight excluding hydrogens is 354 g/mol. The number of anilines is 1. The Morgan fingerprint density at radius 1 is 1.57 bits per heavy atom. The number of hydrogen-bond donors (Lipinski definition) is 2. The highest BCUT2D eigenvalue weighted by molar-refractivity contribution is 9.10. The number of halogens is 2. The minimum atomic E-state index is -0.0493. The molecule has 0 spiro atoms. The number of nitrogens with zero attached hydrogens (tertiary/aromatic N) is 1. The van der Waals surface area contributed by atoms with Crippen molar-refractivity contribution in [3.8, 4) is 0 Å². The average Bonchev–Trinajstić information content (AvgIpc) is 2.42. The molecule has 3 N–H and O–H groups in total. The summed E-state index contributed by atoms with van der Waals surface area (Å²) in [6.07, 6.45) is 3.36. The van der Waals surface area contributed by atoms with Gasteiger partial charge in [0.05, 0.1) is 17.3 Å². The molecule has 1 amide bonds. The summed E-state index contributed by atoms with van der Waals surface area (Å²) in [5, 5.41) is 3.40. The summed E-state index contributed by atoms with van der Waals surface area (Å²) in [4.78, 5) is 14.4. The maximum atomic E-state index is 12.2. The zero-order valence-electron chi connectivity index (χ0n) is 12.1. The van der Waals surface area contributed by atoms with Gasteiger partial charge in [-0.1, -0.05) is 34.0 Å². The van der Waals surface area contributed by atoms with Crippen LogP contribution in [0.25, 0.3) is 0 Å². The van der Waals surface area contributed by atoms with E-state index in [-0.39, 0.29) is 18.0 Å². The van der Waals surface area contributed by atoms with Gasteiger partial charge in [-0.25, -0.2) is 0 Å². The van der Waals surface area contributed by atoms with Gasteiger partial charge in [-0.2, -0.15) is 0 Å². The number of carbonyl (C=O) groups excluding carboxylic acids is 1. The van der Waals surface area contributed by atoms with Gasteiger partial charge in [0.15, 0.2) is 0 Å². The van der Waals surface area contributed by atoms with Crippen LogP contribution in [0.2, 0.25) is 5.02 Å². The smallest absolute Gasteiger partial charge is 0.238 e. The molecule has 1 aromatic carbocycles. The van der Waals surface area contributed by atoms with Crippen molar-refractivity contribution in [2.24, 2.45) is 5.73 Å². The summed E-state index contributed by atoms with van der Waals surface area (Å²) in [6, 6.07) is 5.78. The van der Waals surface area contributed by atoms with Crippen molar-refractivity contribution in [3.05, 3.63) is 27.7 Å². The molecular formula is C15H21BrClN3O. The zero-order valence-corrected chi connectivity index (χ0v) is 14.5. The number of carbonyl (C=O) groups is 1. The molecule has 1 saturated heterocycles. The number of benzene rings is 1. The Balaban J connectivity index is 1.97. The van der Waals surface area contributed by atoms with Crippen LogP contribution in [0.5, 0.6) is 0 Å². The molecule has 2 atom stereocenters. The highest BCUT2D eigenvalue weighted by Crippen LogP contribution is 2.26. The van der Waals surface area contributed by atoms with E-state index in [0.717, 1.165) is 23.9 Å². The third-order valence-corrected chi connectivity index (χ3v) is 4.63. The first-order chi connectivity index (χ1) is 9.97. The lowest BCUT2D eigenvalue weighted by molar-refractivity contribution is -0.118. The molecule has 0 aromatic heterocycles. The van der Waals surface area contributed by atoms with E-state index < -0.39 is 0 Å².